The Hall–Kier alpha value is -5.52. The van der Waals surface area contributed by atoms with E-state index in [1.807, 2.05) is 45.2 Å². The predicted molar refractivity (Wildman–Crippen MR) is 210 cm³/mol. The van der Waals surface area contributed by atoms with Crippen LogP contribution in [0.15, 0.2) is 85.1 Å². The molecule has 0 N–H and O–H groups in total. The molecule has 0 aliphatic rings. The summed E-state index contributed by atoms with van der Waals surface area (Å²) in [5, 5.41) is 13.3. The van der Waals surface area contributed by atoms with E-state index in [2.05, 4.69) is 127 Å². The molecule has 0 saturated heterocycles. The molecule has 0 atom stereocenters. The van der Waals surface area contributed by atoms with Gasteiger partial charge in [-0.25, -0.2) is 9.67 Å². The summed E-state index contributed by atoms with van der Waals surface area (Å²) in [6.45, 7) is 16.9. The van der Waals surface area contributed by atoms with E-state index in [4.69, 9.17) is 9.72 Å². The van der Waals surface area contributed by atoms with Gasteiger partial charge < -0.3 is 13.9 Å². The van der Waals surface area contributed by atoms with E-state index < -0.39 is 0 Å². The van der Waals surface area contributed by atoms with Crippen LogP contribution in [0.25, 0.3) is 60.8 Å². The van der Waals surface area contributed by atoms with Crippen molar-refractivity contribution in [3.8, 4) is 28.7 Å². The maximum Gasteiger partial charge on any atom is 2.00 e. The molecule has 4 heterocycles. The molecule has 53 heavy (non-hydrogen) atoms. The van der Waals surface area contributed by atoms with Crippen LogP contribution in [-0.2, 0) is 21.1 Å². The molecule has 0 bridgehead atoms. The zero-order valence-corrected chi connectivity index (χ0v) is 33.3. The van der Waals surface area contributed by atoms with Crippen molar-refractivity contribution in [2.45, 2.75) is 55.4 Å². The Kier molecular flexibility index (Phi) is 8.38. The molecular formula is C45H38N6OPt. The van der Waals surface area contributed by atoms with Gasteiger partial charge in [-0.1, -0.05) is 58.6 Å². The Bertz CT molecular complexity index is 2860. The molecule has 0 aliphatic heterocycles. The van der Waals surface area contributed by atoms with Gasteiger partial charge in [-0.3, -0.25) is 0 Å². The Morgan fingerprint density at radius 1 is 0.585 bits per heavy atom. The third kappa shape index (κ3) is 5.66. The van der Waals surface area contributed by atoms with E-state index in [1.54, 1.807) is 4.68 Å². The van der Waals surface area contributed by atoms with Gasteiger partial charge in [0, 0.05) is 40.1 Å². The number of aromatic nitrogens is 6. The molecule has 8 heteroatoms. The van der Waals surface area contributed by atoms with E-state index in [0.717, 1.165) is 55.9 Å². The van der Waals surface area contributed by atoms with E-state index in [-0.39, 0.29) is 21.1 Å². The Morgan fingerprint density at radius 2 is 1.26 bits per heavy atom. The van der Waals surface area contributed by atoms with E-state index in [1.165, 1.54) is 49.6 Å². The second-order valence-electron chi connectivity index (χ2n) is 14.3. The van der Waals surface area contributed by atoms with Crippen molar-refractivity contribution in [1.82, 2.24) is 29.1 Å². The van der Waals surface area contributed by atoms with Crippen molar-refractivity contribution in [2.24, 2.45) is 0 Å². The van der Waals surface area contributed by atoms with Gasteiger partial charge in [0.25, 0.3) is 0 Å². The van der Waals surface area contributed by atoms with Crippen molar-refractivity contribution in [3.05, 3.63) is 142 Å². The van der Waals surface area contributed by atoms with Crippen LogP contribution in [0.2, 0.25) is 0 Å². The van der Waals surface area contributed by atoms with Crippen LogP contribution < -0.4 is 4.74 Å². The van der Waals surface area contributed by atoms with E-state index in [0.29, 0.717) is 11.5 Å². The fraction of sp³-hybridized carbons (Fsp3) is 0.178. The molecule has 4 aromatic heterocycles. The van der Waals surface area contributed by atoms with Crippen LogP contribution in [0, 0.1) is 67.5 Å². The first-order valence-corrected chi connectivity index (χ1v) is 17.6. The van der Waals surface area contributed by atoms with Crippen molar-refractivity contribution in [2.75, 3.05) is 0 Å². The zero-order chi connectivity index (χ0) is 36.0. The second-order valence-corrected chi connectivity index (χ2v) is 14.3. The Balaban J connectivity index is 0.00000400. The summed E-state index contributed by atoms with van der Waals surface area (Å²) in [6.07, 6.45) is 1.92. The first-order chi connectivity index (χ1) is 25.0. The number of ether oxygens (including phenoxy) is 1. The van der Waals surface area contributed by atoms with Gasteiger partial charge in [0.2, 0.25) is 0 Å². The molecule has 0 unspecified atom stereocenters. The van der Waals surface area contributed by atoms with Gasteiger partial charge in [0.1, 0.15) is 5.82 Å². The monoisotopic (exact) mass is 873 g/mol. The fourth-order valence-corrected chi connectivity index (χ4v) is 7.88. The SMILES string of the molecule is Cc1cc(Oc2[c-]c3c(cc2)c2cc(C)ccc2n3-c2cc(-n3c4c(C)cc(C)cc4c4cc(C)cc(C)c43)ccn2)[c-]c(-n2nnc(C)c2C)c1.[Pt+2]. The predicted octanol–water partition coefficient (Wildman–Crippen LogP) is 10.7. The normalized spacial score (nSPS) is 11.6. The van der Waals surface area contributed by atoms with Crippen molar-refractivity contribution >= 4 is 43.6 Å². The minimum Gasteiger partial charge on any atom is -0.509 e. The van der Waals surface area contributed by atoms with Gasteiger partial charge in [0.15, 0.2) is 0 Å². The largest absolute Gasteiger partial charge is 2.00 e. The summed E-state index contributed by atoms with van der Waals surface area (Å²) in [6, 6.07) is 35.2. The molecule has 264 valence electrons. The van der Waals surface area contributed by atoms with E-state index >= 15 is 0 Å². The van der Waals surface area contributed by atoms with Gasteiger partial charge in [-0.05, 0) is 94.9 Å². The average molecular weight is 874 g/mol. The molecule has 0 saturated carbocycles. The summed E-state index contributed by atoms with van der Waals surface area (Å²) in [5.74, 6) is 1.98. The summed E-state index contributed by atoms with van der Waals surface area (Å²) in [5.41, 5.74) is 15.3. The average Bonchev–Trinajstić information content (AvgIpc) is 3.73. The van der Waals surface area contributed by atoms with Gasteiger partial charge in [0.05, 0.1) is 28.1 Å². The summed E-state index contributed by atoms with van der Waals surface area (Å²) >= 11 is 0. The molecule has 0 spiro atoms. The first-order valence-electron chi connectivity index (χ1n) is 17.6. The molecule has 0 aliphatic carbocycles. The van der Waals surface area contributed by atoms with Crippen LogP contribution in [-0.4, -0.2) is 29.1 Å². The maximum atomic E-state index is 6.50. The standard InChI is InChI=1S/C45H38N6O.Pt/c1-25-9-12-41-38(19-25)37-11-10-35(52-36-18-28(4)17-34(22-36)51-32(8)31(7)47-48-51)24-42(37)50(41)43-23-33(13-14-46-43)49-44-29(5)15-26(2)20-39(44)40-21-27(3)16-30(6)45(40)49;/h9-21,23H,1-8H3;/q-2;+2. The number of rotatable bonds is 5. The third-order valence-corrected chi connectivity index (χ3v) is 10.2. The molecule has 0 radical (unpaired) electrons. The van der Waals surface area contributed by atoms with Crippen LogP contribution in [0.3, 0.4) is 0 Å². The fourth-order valence-electron chi connectivity index (χ4n) is 7.88. The Labute approximate surface area is 323 Å². The minimum atomic E-state index is 0. The van der Waals surface area contributed by atoms with Crippen LogP contribution in [0.1, 0.15) is 44.8 Å². The summed E-state index contributed by atoms with van der Waals surface area (Å²) in [7, 11) is 0. The molecular weight excluding hydrogens is 836 g/mol. The quantitative estimate of drug-likeness (QED) is 0.162. The summed E-state index contributed by atoms with van der Waals surface area (Å²) < 4.78 is 12.9. The maximum absolute atomic E-state index is 6.50. The van der Waals surface area contributed by atoms with Gasteiger partial charge in [-0.15, -0.1) is 40.8 Å². The Morgan fingerprint density at radius 3 is 1.94 bits per heavy atom. The topological polar surface area (TPSA) is 62.7 Å². The number of fused-ring (bicyclic) bond motifs is 6. The molecule has 5 aromatic carbocycles. The second kappa shape index (κ2) is 12.9. The number of hydrogen-bond acceptors (Lipinski definition) is 4. The van der Waals surface area contributed by atoms with Gasteiger partial charge in [-0.2, -0.15) is 11.6 Å². The first kappa shape index (κ1) is 34.6. The molecule has 9 rings (SSSR count). The van der Waals surface area contributed by atoms with Crippen LogP contribution in [0.4, 0.5) is 0 Å². The molecule has 0 amide bonds. The van der Waals surface area contributed by atoms with E-state index in [9.17, 15) is 0 Å². The number of aryl methyl sites for hydroxylation is 7. The molecule has 9 aromatic rings. The van der Waals surface area contributed by atoms with Crippen LogP contribution >= 0.6 is 0 Å². The smallest absolute Gasteiger partial charge is 0.509 e. The molecule has 0 fully saturated rings. The van der Waals surface area contributed by atoms with Crippen LogP contribution in [0.5, 0.6) is 11.5 Å². The molecule has 7 nitrogen and oxygen atoms in total. The number of hydrogen-bond donors (Lipinski definition) is 0. The van der Waals surface area contributed by atoms with Crippen molar-refractivity contribution in [3.63, 3.8) is 0 Å². The van der Waals surface area contributed by atoms with Gasteiger partial charge >= 0.3 is 21.1 Å². The third-order valence-electron chi connectivity index (χ3n) is 10.2. The number of benzene rings is 5. The van der Waals surface area contributed by atoms with Crippen molar-refractivity contribution in [1.29, 1.82) is 0 Å². The zero-order valence-electron chi connectivity index (χ0n) is 31.0. The number of nitrogens with zero attached hydrogens (tertiary/aromatic N) is 6. The number of pyridine rings is 1. The van der Waals surface area contributed by atoms with Crippen molar-refractivity contribution < 1.29 is 25.8 Å². The minimum absolute atomic E-state index is 0. The summed E-state index contributed by atoms with van der Waals surface area (Å²) in [4.78, 5) is 5.00.